The minimum Gasteiger partial charge on any atom is -0.462 e. The molecule has 346 valence electrons. The SMILES string of the molecule is CCCCC/C=C\C/C=C\C/C=C\C=C\C(=O)CCCC(=O)O[C@H](COC(=O)CCCCCCCCC/C=C\CCCCCC)COP(=O)(O)OC[C@@H](O)COP(=O)(O)O. The van der Waals surface area contributed by atoms with Crippen molar-refractivity contribution < 1.29 is 66.3 Å². The van der Waals surface area contributed by atoms with Crippen molar-refractivity contribution in [2.75, 3.05) is 26.4 Å². The Labute approximate surface area is 359 Å². The Morgan fingerprint density at radius 1 is 0.533 bits per heavy atom. The lowest BCUT2D eigenvalue weighted by Crippen LogP contribution is -2.30. The number of ketones is 1. The number of aliphatic hydroxyl groups excluding tert-OH is 1. The van der Waals surface area contributed by atoms with Gasteiger partial charge in [0.05, 0.1) is 19.8 Å². The van der Waals surface area contributed by atoms with Gasteiger partial charge in [0.15, 0.2) is 11.9 Å². The third kappa shape index (κ3) is 42.2. The van der Waals surface area contributed by atoms with Crippen molar-refractivity contribution in [3.05, 3.63) is 60.8 Å². The van der Waals surface area contributed by atoms with Crippen LogP contribution in [0.2, 0.25) is 0 Å². The minimum atomic E-state index is -4.89. The van der Waals surface area contributed by atoms with Crippen molar-refractivity contribution in [2.45, 2.75) is 174 Å². The molecule has 0 aromatic carbocycles. The van der Waals surface area contributed by atoms with E-state index >= 15 is 0 Å². The first kappa shape index (κ1) is 57.5. The maximum atomic E-state index is 12.6. The number of aliphatic hydroxyl groups is 1. The Hall–Kier alpha value is -2.51. The molecule has 0 aliphatic heterocycles. The standard InChI is InChI=1S/C44H76O14P2/c1-3-5-7-9-11-13-15-17-18-20-22-24-26-28-30-34-43(47)54-38-42(39-57-60(52,53)56-37-41(46)36-55-59(49,50)51)58-44(48)35-31-33-40(45)32-29-27-25-23-21-19-16-14-12-10-8-6-4-2/h12-15,19,21,25,27,29,32,41-42,46H,3-11,16-18,20,22-24,26,28,30-31,33-39H2,1-2H3,(H,52,53)(H2,49,50,51)/b14-12-,15-13-,21-19-,27-25-,32-29+/t41-,42+/m0/s1. The van der Waals surface area contributed by atoms with E-state index < -0.39 is 66.2 Å². The van der Waals surface area contributed by atoms with Gasteiger partial charge in [-0.2, -0.15) is 0 Å². The van der Waals surface area contributed by atoms with Gasteiger partial charge in [0.1, 0.15) is 12.7 Å². The highest BCUT2D eigenvalue weighted by Crippen LogP contribution is 2.43. The topological polar surface area (TPSA) is 212 Å². The molecule has 0 aliphatic rings. The minimum absolute atomic E-state index is 0.0738. The van der Waals surface area contributed by atoms with Crippen LogP contribution in [0.25, 0.3) is 0 Å². The molecule has 14 nitrogen and oxygen atoms in total. The first-order chi connectivity index (χ1) is 28.8. The molecule has 60 heavy (non-hydrogen) atoms. The summed E-state index contributed by atoms with van der Waals surface area (Å²) >= 11 is 0. The van der Waals surface area contributed by atoms with E-state index in [4.69, 9.17) is 23.8 Å². The fourth-order valence-corrected chi connectivity index (χ4v) is 6.63. The number of rotatable bonds is 41. The van der Waals surface area contributed by atoms with Gasteiger partial charge in [-0.3, -0.25) is 28.0 Å². The number of ether oxygens (including phenoxy) is 2. The first-order valence-electron chi connectivity index (χ1n) is 21.9. The third-order valence-corrected chi connectivity index (χ3v) is 10.3. The molecular formula is C44H76O14P2. The molecule has 0 heterocycles. The average molecular weight is 891 g/mol. The van der Waals surface area contributed by atoms with Crippen LogP contribution in [0.3, 0.4) is 0 Å². The number of carbonyl (C=O) groups excluding carboxylic acids is 3. The summed E-state index contributed by atoms with van der Waals surface area (Å²) in [6.07, 6.45) is 37.9. The molecule has 0 fully saturated rings. The summed E-state index contributed by atoms with van der Waals surface area (Å²) in [5.74, 6) is -1.48. The van der Waals surface area contributed by atoms with Crippen molar-refractivity contribution in [3.8, 4) is 0 Å². The van der Waals surface area contributed by atoms with Crippen LogP contribution >= 0.6 is 15.6 Å². The van der Waals surface area contributed by atoms with Crippen LogP contribution in [0.15, 0.2) is 60.8 Å². The summed E-state index contributed by atoms with van der Waals surface area (Å²) in [6, 6.07) is 0. The molecule has 0 saturated carbocycles. The summed E-state index contributed by atoms with van der Waals surface area (Å²) in [7, 11) is -9.77. The molecule has 4 N–H and O–H groups in total. The van der Waals surface area contributed by atoms with Crippen molar-refractivity contribution in [1.29, 1.82) is 0 Å². The normalized spacial score (nSPS) is 14.5. The molecule has 3 atom stereocenters. The zero-order valence-electron chi connectivity index (χ0n) is 36.3. The maximum absolute atomic E-state index is 12.6. The van der Waals surface area contributed by atoms with Gasteiger partial charge in [-0.1, -0.05) is 133 Å². The van der Waals surface area contributed by atoms with E-state index in [1.54, 1.807) is 12.2 Å². The van der Waals surface area contributed by atoms with Crippen molar-refractivity contribution in [1.82, 2.24) is 0 Å². The fourth-order valence-electron chi connectivity index (χ4n) is 5.47. The van der Waals surface area contributed by atoms with Gasteiger partial charge < -0.3 is 29.3 Å². The van der Waals surface area contributed by atoms with Crippen LogP contribution in [0.1, 0.15) is 162 Å². The van der Waals surface area contributed by atoms with E-state index in [1.165, 1.54) is 63.9 Å². The second-order valence-electron chi connectivity index (χ2n) is 14.6. The monoisotopic (exact) mass is 890 g/mol. The van der Waals surface area contributed by atoms with Gasteiger partial charge in [-0.25, -0.2) is 9.13 Å². The van der Waals surface area contributed by atoms with E-state index in [0.29, 0.717) is 6.42 Å². The van der Waals surface area contributed by atoms with Gasteiger partial charge >= 0.3 is 27.6 Å². The van der Waals surface area contributed by atoms with Crippen molar-refractivity contribution >= 4 is 33.4 Å². The summed E-state index contributed by atoms with van der Waals surface area (Å²) in [5.41, 5.74) is 0. The van der Waals surface area contributed by atoms with Crippen LogP contribution < -0.4 is 0 Å². The number of phosphoric acid groups is 2. The lowest BCUT2D eigenvalue weighted by molar-refractivity contribution is -0.161. The number of allylic oxidation sites excluding steroid dienone is 10. The van der Waals surface area contributed by atoms with E-state index in [9.17, 15) is 33.5 Å². The summed E-state index contributed by atoms with van der Waals surface area (Å²) in [4.78, 5) is 64.9. The second-order valence-corrected chi connectivity index (χ2v) is 17.3. The van der Waals surface area contributed by atoms with Crippen LogP contribution in [-0.4, -0.2) is 76.1 Å². The Morgan fingerprint density at radius 3 is 1.68 bits per heavy atom. The summed E-state index contributed by atoms with van der Waals surface area (Å²) in [6.45, 7) is 1.43. The predicted molar refractivity (Wildman–Crippen MR) is 235 cm³/mol. The lowest BCUT2D eigenvalue weighted by atomic mass is 10.1. The van der Waals surface area contributed by atoms with Crippen LogP contribution in [0, 0.1) is 0 Å². The van der Waals surface area contributed by atoms with E-state index in [1.807, 2.05) is 6.08 Å². The molecule has 0 amide bonds. The highest BCUT2D eigenvalue weighted by atomic mass is 31.2. The Kier molecular flexibility index (Phi) is 37.7. The molecule has 0 spiro atoms. The summed E-state index contributed by atoms with van der Waals surface area (Å²) < 4.78 is 47.5. The highest BCUT2D eigenvalue weighted by molar-refractivity contribution is 7.47. The number of carbonyl (C=O) groups is 3. The zero-order valence-corrected chi connectivity index (χ0v) is 38.1. The van der Waals surface area contributed by atoms with Crippen LogP contribution in [-0.2, 0) is 46.6 Å². The maximum Gasteiger partial charge on any atom is 0.472 e. The Balaban J connectivity index is 4.73. The smallest absolute Gasteiger partial charge is 0.462 e. The molecule has 1 unspecified atom stereocenters. The molecule has 0 rings (SSSR count). The predicted octanol–water partition coefficient (Wildman–Crippen LogP) is 10.4. The largest absolute Gasteiger partial charge is 0.472 e. The molecule has 0 aliphatic carbocycles. The molecule has 16 heteroatoms. The van der Waals surface area contributed by atoms with Gasteiger partial charge in [-0.05, 0) is 70.3 Å². The Morgan fingerprint density at radius 2 is 1.03 bits per heavy atom. The van der Waals surface area contributed by atoms with E-state index in [0.717, 1.165) is 57.8 Å². The first-order valence-corrected chi connectivity index (χ1v) is 25.0. The van der Waals surface area contributed by atoms with Crippen LogP contribution in [0.4, 0.5) is 0 Å². The lowest BCUT2D eigenvalue weighted by Gasteiger charge is -2.20. The zero-order chi connectivity index (χ0) is 44.6. The molecule has 0 bridgehead atoms. The summed E-state index contributed by atoms with van der Waals surface area (Å²) in [5, 5.41) is 9.74. The number of esters is 2. The van der Waals surface area contributed by atoms with Gasteiger partial charge in [0.25, 0.3) is 0 Å². The molecule has 0 aromatic rings. The number of hydrogen-bond donors (Lipinski definition) is 4. The van der Waals surface area contributed by atoms with Gasteiger partial charge in [0.2, 0.25) is 0 Å². The number of unbranched alkanes of at least 4 members (excludes halogenated alkanes) is 14. The molecule has 0 aromatic heterocycles. The Bertz CT molecular complexity index is 1350. The van der Waals surface area contributed by atoms with Gasteiger partial charge in [-0.15, -0.1) is 0 Å². The van der Waals surface area contributed by atoms with Crippen molar-refractivity contribution in [3.63, 3.8) is 0 Å². The highest BCUT2D eigenvalue weighted by Gasteiger charge is 2.28. The second kappa shape index (κ2) is 39.3. The molecule has 0 saturated heterocycles. The number of phosphoric ester groups is 2. The van der Waals surface area contributed by atoms with Crippen LogP contribution in [0.5, 0.6) is 0 Å². The quantitative estimate of drug-likeness (QED) is 0.0112. The van der Waals surface area contributed by atoms with Crippen molar-refractivity contribution in [2.24, 2.45) is 0 Å². The third-order valence-electron chi connectivity index (χ3n) is 8.85. The average Bonchev–Trinajstić information content (AvgIpc) is 3.20. The fraction of sp³-hybridized carbons (Fsp3) is 0.705. The van der Waals surface area contributed by atoms with E-state index in [2.05, 4.69) is 59.4 Å². The molecule has 0 radical (unpaired) electrons. The van der Waals surface area contributed by atoms with Gasteiger partial charge in [0, 0.05) is 19.3 Å². The molecular weight excluding hydrogens is 814 g/mol. The number of hydrogen-bond acceptors (Lipinski definition) is 11. The van der Waals surface area contributed by atoms with E-state index in [-0.39, 0.29) is 31.5 Å².